The molecule has 0 aliphatic carbocycles. The quantitative estimate of drug-likeness (QED) is 0.671. The number of hydrogen-bond acceptors (Lipinski definition) is 5. The van der Waals surface area contributed by atoms with Gasteiger partial charge in [-0.3, -0.25) is 4.79 Å². The molecule has 1 heterocycles. The van der Waals surface area contributed by atoms with Crippen LogP contribution in [0.25, 0.3) is 0 Å². The maximum Gasteiger partial charge on any atom is 0.277 e. The molecule has 1 amide bonds. The average molecular weight is 340 g/mol. The SMILES string of the molecule is CC(=NNC(=O)COc1cc(C)ccc1C)c1ccc2c(c1)OCO2. The van der Waals surface area contributed by atoms with Gasteiger partial charge in [0.05, 0.1) is 5.71 Å². The Kier molecular flexibility index (Phi) is 4.88. The molecule has 0 radical (unpaired) electrons. The van der Waals surface area contributed by atoms with Crippen LogP contribution in [0.5, 0.6) is 17.2 Å². The molecule has 0 saturated heterocycles. The number of carbonyl (C=O) groups excluding carboxylic acids is 1. The van der Waals surface area contributed by atoms with Crippen molar-refractivity contribution >= 4 is 11.6 Å². The lowest BCUT2D eigenvalue weighted by atomic mass is 10.1. The number of nitrogens with one attached hydrogen (secondary N) is 1. The third-order valence-electron chi connectivity index (χ3n) is 3.84. The van der Waals surface area contributed by atoms with Gasteiger partial charge >= 0.3 is 0 Å². The van der Waals surface area contributed by atoms with Crippen LogP contribution in [-0.4, -0.2) is 25.0 Å². The van der Waals surface area contributed by atoms with Crippen molar-refractivity contribution in [3.8, 4) is 17.2 Å². The lowest BCUT2D eigenvalue weighted by molar-refractivity contribution is -0.123. The molecular weight excluding hydrogens is 320 g/mol. The number of hydrazone groups is 1. The molecule has 1 aliphatic rings. The summed E-state index contributed by atoms with van der Waals surface area (Å²) in [5.74, 6) is 1.77. The molecule has 6 nitrogen and oxygen atoms in total. The summed E-state index contributed by atoms with van der Waals surface area (Å²) in [4.78, 5) is 11.9. The summed E-state index contributed by atoms with van der Waals surface area (Å²) in [5.41, 5.74) is 6.08. The monoisotopic (exact) mass is 340 g/mol. The summed E-state index contributed by atoms with van der Waals surface area (Å²) in [5, 5.41) is 4.11. The summed E-state index contributed by atoms with van der Waals surface area (Å²) >= 11 is 0. The van der Waals surface area contributed by atoms with E-state index in [0.29, 0.717) is 23.0 Å². The first-order valence-corrected chi connectivity index (χ1v) is 7.96. The summed E-state index contributed by atoms with van der Waals surface area (Å²) < 4.78 is 16.2. The smallest absolute Gasteiger partial charge is 0.277 e. The number of fused-ring (bicyclic) bond motifs is 1. The summed E-state index contributed by atoms with van der Waals surface area (Å²) in [7, 11) is 0. The predicted molar refractivity (Wildman–Crippen MR) is 94.3 cm³/mol. The highest BCUT2D eigenvalue weighted by Crippen LogP contribution is 2.32. The van der Waals surface area contributed by atoms with Crippen LogP contribution in [0.4, 0.5) is 0 Å². The summed E-state index contributed by atoms with van der Waals surface area (Å²) in [6.07, 6.45) is 0. The highest BCUT2D eigenvalue weighted by molar-refractivity contribution is 5.99. The Hall–Kier alpha value is -3.02. The molecule has 0 unspecified atom stereocenters. The zero-order chi connectivity index (χ0) is 17.8. The Labute approximate surface area is 146 Å². The molecular formula is C19H20N2O4. The van der Waals surface area contributed by atoms with Gasteiger partial charge in [0, 0.05) is 5.56 Å². The zero-order valence-electron chi connectivity index (χ0n) is 14.5. The first-order chi connectivity index (χ1) is 12.0. The molecule has 2 aromatic carbocycles. The molecule has 3 rings (SSSR count). The molecule has 6 heteroatoms. The number of ether oxygens (including phenoxy) is 3. The largest absolute Gasteiger partial charge is 0.483 e. The van der Waals surface area contributed by atoms with E-state index in [1.54, 1.807) is 0 Å². The zero-order valence-corrected chi connectivity index (χ0v) is 14.5. The van der Waals surface area contributed by atoms with Gasteiger partial charge in [-0.2, -0.15) is 5.10 Å². The third-order valence-corrected chi connectivity index (χ3v) is 3.84. The fourth-order valence-electron chi connectivity index (χ4n) is 2.37. The van der Waals surface area contributed by atoms with Crippen LogP contribution in [0, 0.1) is 13.8 Å². The van der Waals surface area contributed by atoms with E-state index in [1.165, 1.54) is 0 Å². The van der Waals surface area contributed by atoms with Gasteiger partial charge in [-0.15, -0.1) is 0 Å². The molecule has 0 bridgehead atoms. The molecule has 2 aromatic rings. The second-order valence-corrected chi connectivity index (χ2v) is 5.86. The van der Waals surface area contributed by atoms with Crippen LogP contribution in [0.1, 0.15) is 23.6 Å². The second kappa shape index (κ2) is 7.25. The van der Waals surface area contributed by atoms with E-state index < -0.39 is 0 Å². The first-order valence-electron chi connectivity index (χ1n) is 7.96. The normalized spacial score (nSPS) is 12.8. The summed E-state index contributed by atoms with van der Waals surface area (Å²) in [6, 6.07) is 11.4. The number of amides is 1. The molecule has 130 valence electrons. The Morgan fingerprint density at radius 1 is 1.16 bits per heavy atom. The number of benzene rings is 2. The fraction of sp³-hybridized carbons (Fsp3) is 0.263. The van der Waals surface area contributed by atoms with Crippen LogP contribution in [0.15, 0.2) is 41.5 Å². The van der Waals surface area contributed by atoms with Crippen LogP contribution in [0.3, 0.4) is 0 Å². The van der Waals surface area contributed by atoms with Crippen molar-refractivity contribution < 1.29 is 19.0 Å². The van der Waals surface area contributed by atoms with Crippen LogP contribution in [0.2, 0.25) is 0 Å². The van der Waals surface area contributed by atoms with Crippen molar-refractivity contribution in [1.29, 1.82) is 0 Å². The van der Waals surface area contributed by atoms with E-state index in [1.807, 2.05) is 57.2 Å². The number of carbonyl (C=O) groups is 1. The van der Waals surface area contributed by atoms with Gasteiger partial charge in [-0.1, -0.05) is 12.1 Å². The molecule has 1 aliphatic heterocycles. The van der Waals surface area contributed by atoms with Crippen molar-refractivity contribution in [2.24, 2.45) is 5.10 Å². The van der Waals surface area contributed by atoms with Gasteiger partial charge in [-0.25, -0.2) is 5.43 Å². The topological polar surface area (TPSA) is 69.2 Å². The molecule has 0 spiro atoms. The molecule has 0 atom stereocenters. The number of aryl methyl sites for hydroxylation is 2. The molecule has 25 heavy (non-hydrogen) atoms. The van der Waals surface area contributed by atoms with Crippen LogP contribution < -0.4 is 19.6 Å². The van der Waals surface area contributed by atoms with Gasteiger partial charge in [0.2, 0.25) is 6.79 Å². The van der Waals surface area contributed by atoms with Crippen molar-refractivity contribution in [2.75, 3.05) is 13.4 Å². The minimum absolute atomic E-state index is 0.0950. The van der Waals surface area contributed by atoms with E-state index in [0.717, 1.165) is 16.7 Å². The molecule has 0 fully saturated rings. The van der Waals surface area contributed by atoms with Gasteiger partial charge in [0.15, 0.2) is 18.1 Å². The summed E-state index contributed by atoms with van der Waals surface area (Å²) in [6.45, 7) is 5.85. The Bertz CT molecular complexity index is 830. The minimum Gasteiger partial charge on any atom is -0.483 e. The Balaban J connectivity index is 1.57. The van der Waals surface area contributed by atoms with Gasteiger partial charge in [0.25, 0.3) is 5.91 Å². The fourth-order valence-corrected chi connectivity index (χ4v) is 2.37. The molecule has 0 saturated carbocycles. The van der Waals surface area contributed by atoms with Gasteiger partial charge in [0.1, 0.15) is 5.75 Å². The predicted octanol–water partition coefficient (Wildman–Crippen LogP) is 2.95. The van der Waals surface area contributed by atoms with E-state index >= 15 is 0 Å². The first kappa shape index (κ1) is 16.8. The maximum absolute atomic E-state index is 11.9. The number of nitrogens with zero attached hydrogens (tertiary/aromatic N) is 1. The van der Waals surface area contributed by atoms with Crippen molar-refractivity contribution in [3.05, 3.63) is 53.1 Å². The minimum atomic E-state index is -0.319. The standard InChI is InChI=1S/C19H20N2O4/c1-12-4-5-13(2)17(8-12)23-10-19(22)21-20-14(3)15-6-7-16-18(9-15)25-11-24-16/h4-9H,10-11H2,1-3H3,(H,21,22). The van der Waals surface area contributed by atoms with E-state index in [2.05, 4.69) is 10.5 Å². The lowest BCUT2D eigenvalue weighted by Crippen LogP contribution is -2.25. The van der Waals surface area contributed by atoms with E-state index in [-0.39, 0.29) is 19.3 Å². The van der Waals surface area contributed by atoms with Crippen molar-refractivity contribution in [1.82, 2.24) is 5.43 Å². The Morgan fingerprint density at radius 2 is 1.96 bits per heavy atom. The van der Waals surface area contributed by atoms with Crippen molar-refractivity contribution in [3.63, 3.8) is 0 Å². The second-order valence-electron chi connectivity index (χ2n) is 5.86. The highest BCUT2D eigenvalue weighted by Gasteiger charge is 2.14. The van der Waals surface area contributed by atoms with E-state index in [9.17, 15) is 4.79 Å². The maximum atomic E-state index is 11.9. The lowest BCUT2D eigenvalue weighted by Gasteiger charge is -2.09. The van der Waals surface area contributed by atoms with Gasteiger partial charge in [-0.05, 0) is 56.2 Å². The van der Waals surface area contributed by atoms with Crippen LogP contribution in [-0.2, 0) is 4.79 Å². The van der Waals surface area contributed by atoms with Crippen LogP contribution >= 0.6 is 0 Å². The molecule has 0 aromatic heterocycles. The molecule has 1 N–H and O–H groups in total. The van der Waals surface area contributed by atoms with Gasteiger partial charge < -0.3 is 14.2 Å². The number of rotatable bonds is 5. The number of hydrogen-bond donors (Lipinski definition) is 1. The highest BCUT2D eigenvalue weighted by atomic mass is 16.7. The van der Waals surface area contributed by atoms with E-state index in [4.69, 9.17) is 14.2 Å². The Morgan fingerprint density at radius 3 is 2.80 bits per heavy atom. The average Bonchev–Trinajstić information content (AvgIpc) is 3.08. The van der Waals surface area contributed by atoms with Crippen molar-refractivity contribution in [2.45, 2.75) is 20.8 Å². The third kappa shape index (κ3) is 4.09.